The van der Waals surface area contributed by atoms with E-state index in [0.29, 0.717) is 27.1 Å². The van der Waals surface area contributed by atoms with Gasteiger partial charge in [0.1, 0.15) is 11.5 Å². The number of anilines is 1. The Labute approximate surface area is 160 Å². The summed E-state index contributed by atoms with van der Waals surface area (Å²) in [7, 11) is -3.78. The lowest BCUT2D eigenvalue weighted by Gasteiger charge is -2.09. The van der Waals surface area contributed by atoms with Crippen LogP contribution in [0, 0.1) is 6.92 Å². The van der Waals surface area contributed by atoms with Crippen molar-refractivity contribution < 1.29 is 8.42 Å². The van der Waals surface area contributed by atoms with Crippen molar-refractivity contribution in [2.24, 2.45) is 0 Å². The second kappa shape index (κ2) is 7.53. The molecule has 1 N–H and O–H groups in total. The second-order valence-electron chi connectivity index (χ2n) is 5.38. The molecular formula is C16H13Cl2N5O2S. The van der Waals surface area contributed by atoms with Crippen LogP contribution in [0.1, 0.15) is 11.4 Å². The number of aromatic nitrogens is 4. The first-order chi connectivity index (χ1) is 12.3. The number of sulfonamides is 1. The number of benzene rings is 1. The van der Waals surface area contributed by atoms with Crippen molar-refractivity contribution in [1.29, 1.82) is 0 Å². The Bertz CT molecular complexity index is 1030. The molecule has 2 heterocycles. The number of rotatable bonds is 5. The summed E-state index contributed by atoms with van der Waals surface area (Å²) in [4.78, 5) is 16.5. The highest BCUT2D eigenvalue weighted by Gasteiger charge is 2.16. The highest BCUT2D eigenvalue weighted by molar-refractivity contribution is 7.91. The van der Waals surface area contributed by atoms with E-state index < -0.39 is 10.0 Å². The summed E-state index contributed by atoms with van der Waals surface area (Å²) in [6, 6.07) is 9.86. The van der Waals surface area contributed by atoms with Crippen LogP contribution >= 0.6 is 23.2 Å². The van der Waals surface area contributed by atoms with Crippen LogP contribution in [-0.2, 0) is 15.8 Å². The Morgan fingerprint density at radius 1 is 1.04 bits per heavy atom. The third kappa shape index (κ3) is 4.87. The Morgan fingerprint density at radius 3 is 2.42 bits per heavy atom. The maximum Gasteiger partial charge on any atom is 0.240 e. The molecule has 0 saturated carbocycles. The van der Waals surface area contributed by atoms with Crippen LogP contribution in [0.15, 0.2) is 42.6 Å². The van der Waals surface area contributed by atoms with Crippen LogP contribution in [0.4, 0.5) is 5.95 Å². The van der Waals surface area contributed by atoms with Gasteiger partial charge in [0, 0.05) is 16.2 Å². The van der Waals surface area contributed by atoms with Crippen molar-refractivity contribution in [2.45, 2.75) is 12.7 Å². The summed E-state index contributed by atoms with van der Waals surface area (Å²) in [6.07, 6.45) is 1.60. The molecule has 0 saturated heterocycles. The van der Waals surface area contributed by atoms with E-state index in [-0.39, 0.29) is 17.5 Å². The topological polar surface area (TPSA) is 97.7 Å². The molecule has 0 spiro atoms. The fraction of sp³-hybridized carbons (Fsp3) is 0.125. The number of pyridine rings is 1. The average Bonchev–Trinajstić information content (AvgIpc) is 2.53. The van der Waals surface area contributed by atoms with Crippen LogP contribution in [0.25, 0.3) is 11.5 Å². The standard InChI is InChI=1S/C16H13Cl2N5O2S/c1-10-20-15(14-4-2-3-5-19-14)22-16(21-10)23-26(24,25)9-11-6-12(17)8-13(18)7-11/h2-8H,9H2,1H3,(H,20,21,22,23). The van der Waals surface area contributed by atoms with E-state index >= 15 is 0 Å². The van der Waals surface area contributed by atoms with Crippen molar-refractivity contribution in [2.75, 3.05) is 4.72 Å². The predicted molar refractivity (Wildman–Crippen MR) is 101 cm³/mol. The summed E-state index contributed by atoms with van der Waals surface area (Å²) >= 11 is 11.8. The molecule has 0 aliphatic carbocycles. The minimum Gasteiger partial charge on any atom is -0.253 e. The van der Waals surface area contributed by atoms with Crippen molar-refractivity contribution >= 4 is 39.2 Å². The van der Waals surface area contributed by atoms with E-state index in [9.17, 15) is 8.42 Å². The molecule has 1 aromatic carbocycles. The number of hydrogen-bond donors (Lipinski definition) is 1. The van der Waals surface area contributed by atoms with Crippen LogP contribution in [-0.4, -0.2) is 28.4 Å². The molecule has 2 aromatic heterocycles. The van der Waals surface area contributed by atoms with Gasteiger partial charge in [-0.25, -0.2) is 13.4 Å². The largest absolute Gasteiger partial charge is 0.253 e. The number of nitrogens with one attached hydrogen (secondary N) is 1. The van der Waals surface area contributed by atoms with Gasteiger partial charge in [0.05, 0.1) is 5.75 Å². The maximum atomic E-state index is 12.4. The fourth-order valence-electron chi connectivity index (χ4n) is 2.23. The predicted octanol–water partition coefficient (Wildman–Crippen LogP) is 3.49. The number of hydrogen-bond acceptors (Lipinski definition) is 6. The molecule has 0 unspecified atom stereocenters. The monoisotopic (exact) mass is 409 g/mol. The van der Waals surface area contributed by atoms with Crippen molar-refractivity contribution in [3.8, 4) is 11.5 Å². The van der Waals surface area contributed by atoms with Crippen molar-refractivity contribution in [3.63, 3.8) is 0 Å². The third-order valence-corrected chi connectivity index (χ3v) is 4.81. The highest BCUT2D eigenvalue weighted by Crippen LogP contribution is 2.21. The van der Waals surface area contributed by atoms with Gasteiger partial charge in [-0.05, 0) is 42.8 Å². The van der Waals surface area contributed by atoms with Gasteiger partial charge in [0.25, 0.3) is 0 Å². The fourth-order valence-corrected chi connectivity index (χ4v) is 3.84. The van der Waals surface area contributed by atoms with Crippen LogP contribution in [0.5, 0.6) is 0 Å². The van der Waals surface area contributed by atoms with E-state index in [1.54, 1.807) is 31.3 Å². The van der Waals surface area contributed by atoms with E-state index in [0.717, 1.165) is 0 Å². The van der Waals surface area contributed by atoms with E-state index in [1.807, 2.05) is 0 Å². The first kappa shape index (κ1) is 18.5. The molecule has 26 heavy (non-hydrogen) atoms. The molecule has 3 aromatic rings. The van der Waals surface area contributed by atoms with Gasteiger partial charge in [-0.1, -0.05) is 29.3 Å². The maximum absolute atomic E-state index is 12.4. The minimum atomic E-state index is -3.78. The Hall–Kier alpha value is -2.29. The summed E-state index contributed by atoms with van der Waals surface area (Å²) in [5.74, 6) is 0.244. The molecule has 3 rings (SSSR count). The number of aryl methyl sites for hydroxylation is 1. The molecule has 0 radical (unpaired) electrons. The Kier molecular flexibility index (Phi) is 5.36. The summed E-state index contributed by atoms with van der Waals surface area (Å²) in [6.45, 7) is 1.64. The highest BCUT2D eigenvalue weighted by atomic mass is 35.5. The smallest absolute Gasteiger partial charge is 0.240 e. The summed E-state index contributed by atoms with van der Waals surface area (Å²) < 4.78 is 27.2. The lowest BCUT2D eigenvalue weighted by molar-refractivity contribution is 0.600. The average molecular weight is 410 g/mol. The van der Waals surface area contributed by atoms with Crippen LogP contribution in [0.2, 0.25) is 10.0 Å². The quantitative estimate of drug-likeness (QED) is 0.692. The summed E-state index contributed by atoms with van der Waals surface area (Å²) in [5, 5.41) is 0.715. The lowest BCUT2D eigenvalue weighted by Crippen LogP contribution is -2.18. The van der Waals surface area contributed by atoms with Gasteiger partial charge in [0.15, 0.2) is 5.82 Å². The van der Waals surface area contributed by atoms with Gasteiger partial charge in [-0.3, -0.25) is 9.71 Å². The van der Waals surface area contributed by atoms with Gasteiger partial charge in [0.2, 0.25) is 16.0 Å². The minimum absolute atomic E-state index is 0.0775. The first-order valence-electron chi connectivity index (χ1n) is 7.40. The van der Waals surface area contributed by atoms with Crippen molar-refractivity contribution in [1.82, 2.24) is 19.9 Å². The van der Waals surface area contributed by atoms with Crippen molar-refractivity contribution in [3.05, 3.63) is 64.0 Å². The van der Waals surface area contributed by atoms with Gasteiger partial charge in [-0.15, -0.1) is 0 Å². The first-order valence-corrected chi connectivity index (χ1v) is 9.81. The molecule has 0 fully saturated rings. The zero-order valence-electron chi connectivity index (χ0n) is 13.5. The van der Waals surface area contributed by atoms with E-state index in [1.165, 1.54) is 18.2 Å². The zero-order valence-corrected chi connectivity index (χ0v) is 15.8. The Balaban J connectivity index is 1.86. The molecule has 10 heteroatoms. The van der Waals surface area contributed by atoms with Crippen LogP contribution in [0.3, 0.4) is 0 Å². The SMILES string of the molecule is Cc1nc(NS(=O)(=O)Cc2cc(Cl)cc(Cl)c2)nc(-c2ccccn2)n1. The normalized spacial score (nSPS) is 11.3. The van der Waals surface area contributed by atoms with Crippen LogP contribution < -0.4 is 4.72 Å². The second-order valence-corrected chi connectivity index (χ2v) is 7.98. The molecule has 134 valence electrons. The molecular weight excluding hydrogens is 397 g/mol. The third-order valence-electron chi connectivity index (χ3n) is 3.17. The van der Waals surface area contributed by atoms with E-state index in [2.05, 4.69) is 24.7 Å². The Morgan fingerprint density at radius 2 is 1.77 bits per heavy atom. The molecule has 7 nitrogen and oxygen atoms in total. The number of nitrogens with zero attached hydrogens (tertiary/aromatic N) is 4. The molecule has 0 aliphatic rings. The molecule has 0 atom stereocenters. The van der Waals surface area contributed by atoms with E-state index in [4.69, 9.17) is 23.2 Å². The van der Waals surface area contributed by atoms with Gasteiger partial charge in [-0.2, -0.15) is 9.97 Å². The van der Waals surface area contributed by atoms with Gasteiger partial charge < -0.3 is 0 Å². The molecule has 0 aliphatic heterocycles. The molecule has 0 bridgehead atoms. The summed E-state index contributed by atoms with van der Waals surface area (Å²) in [5.41, 5.74) is 0.964. The van der Waals surface area contributed by atoms with Gasteiger partial charge >= 0.3 is 0 Å². The lowest BCUT2D eigenvalue weighted by atomic mass is 10.2. The zero-order chi connectivity index (χ0) is 18.7. The number of halogens is 2. The molecule has 0 amide bonds.